The molecule has 0 saturated carbocycles. The monoisotopic (exact) mass is 179 g/mol. The van der Waals surface area contributed by atoms with E-state index in [9.17, 15) is 0 Å². The molecule has 0 radical (unpaired) electrons. The average molecular weight is 179 g/mol. The molecule has 0 N–H and O–H groups in total. The van der Waals surface area contributed by atoms with E-state index in [0.29, 0.717) is 0 Å². The highest BCUT2D eigenvalue weighted by molar-refractivity contribution is 5.17. The van der Waals surface area contributed by atoms with E-state index < -0.39 is 0 Å². The van der Waals surface area contributed by atoms with Crippen molar-refractivity contribution < 1.29 is 0 Å². The minimum absolute atomic E-state index is 0.174. The summed E-state index contributed by atoms with van der Waals surface area (Å²) in [6.07, 6.45) is 1.92. The van der Waals surface area contributed by atoms with Crippen molar-refractivity contribution >= 4 is 0 Å². The Morgan fingerprint density at radius 3 is 1.92 bits per heavy atom. The Bertz CT molecular complexity index is 228. The molecule has 0 aromatic carbocycles. The zero-order chi connectivity index (χ0) is 10.5. The summed E-state index contributed by atoms with van der Waals surface area (Å²) in [5.74, 6) is 0. The first-order chi connectivity index (χ1) is 6.00. The third-order valence-electron chi connectivity index (χ3n) is 1.68. The Labute approximate surface area is 82.2 Å². The predicted octanol–water partition coefficient (Wildman–Crippen LogP) is 3.71. The summed E-state index contributed by atoms with van der Waals surface area (Å²) in [5.41, 5.74) is 2.55. The minimum atomic E-state index is 0.174. The molecule has 0 atom stereocenters. The highest BCUT2D eigenvalue weighted by Crippen LogP contribution is 2.19. The molecule has 0 fully saturated rings. The van der Waals surface area contributed by atoms with E-state index in [4.69, 9.17) is 0 Å². The van der Waals surface area contributed by atoms with E-state index in [2.05, 4.69) is 44.8 Å². The molecule has 0 spiro atoms. The molecule has 1 aromatic heterocycles. The van der Waals surface area contributed by atoms with Crippen LogP contribution in [0.4, 0.5) is 0 Å². The minimum Gasteiger partial charge on any atom is -0.260 e. The zero-order valence-electron chi connectivity index (χ0n) is 9.68. The quantitative estimate of drug-likeness (QED) is 0.591. The van der Waals surface area contributed by atoms with Crippen molar-refractivity contribution in [2.24, 2.45) is 0 Å². The summed E-state index contributed by atoms with van der Waals surface area (Å²) >= 11 is 0. The van der Waals surface area contributed by atoms with E-state index >= 15 is 0 Å². The Balaban J connectivity index is 0.000000671. The highest BCUT2D eigenvalue weighted by Gasteiger charge is 2.13. The van der Waals surface area contributed by atoms with Gasteiger partial charge in [-0.05, 0) is 18.6 Å². The maximum atomic E-state index is 4.35. The van der Waals surface area contributed by atoms with E-state index in [-0.39, 0.29) is 5.41 Å². The van der Waals surface area contributed by atoms with E-state index in [1.807, 2.05) is 20.0 Å². The summed E-state index contributed by atoms with van der Waals surface area (Å²) in [4.78, 5) is 4.35. The molecule has 1 nitrogen and oxygen atoms in total. The number of nitrogens with zero attached hydrogens (tertiary/aromatic N) is 1. The van der Waals surface area contributed by atoms with Crippen LogP contribution in [0.25, 0.3) is 0 Å². The Morgan fingerprint density at radius 1 is 1.08 bits per heavy atom. The van der Waals surface area contributed by atoms with Gasteiger partial charge in [-0.1, -0.05) is 40.7 Å². The molecule has 1 heterocycles. The largest absolute Gasteiger partial charge is 0.260 e. The van der Waals surface area contributed by atoms with Gasteiger partial charge in [0, 0.05) is 17.3 Å². The van der Waals surface area contributed by atoms with Crippen molar-refractivity contribution in [3.63, 3.8) is 0 Å². The molecule has 0 saturated heterocycles. The van der Waals surface area contributed by atoms with Gasteiger partial charge in [0.2, 0.25) is 0 Å². The molecular weight excluding hydrogens is 158 g/mol. The molecular formula is C12H21N. The van der Waals surface area contributed by atoms with Crippen molar-refractivity contribution in [2.75, 3.05) is 0 Å². The molecule has 74 valence electrons. The topological polar surface area (TPSA) is 12.9 Å². The van der Waals surface area contributed by atoms with Crippen molar-refractivity contribution in [1.29, 1.82) is 0 Å². The second-order valence-electron chi connectivity index (χ2n) is 3.97. The maximum absolute atomic E-state index is 4.35. The van der Waals surface area contributed by atoms with Crippen molar-refractivity contribution in [2.45, 2.75) is 47.0 Å². The Hall–Kier alpha value is -0.850. The van der Waals surface area contributed by atoms with E-state index in [0.717, 1.165) is 5.69 Å². The van der Waals surface area contributed by atoms with E-state index in [1.165, 1.54) is 5.56 Å². The first kappa shape index (κ1) is 12.2. The SMILES string of the molecule is CC.Cc1ccc(C(C)(C)C)nc1. The van der Waals surface area contributed by atoms with Gasteiger partial charge < -0.3 is 0 Å². The molecule has 1 aromatic rings. The van der Waals surface area contributed by atoms with Crippen LogP contribution in [-0.4, -0.2) is 4.98 Å². The fourth-order valence-electron chi connectivity index (χ4n) is 0.911. The number of hydrogen-bond acceptors (Lipinski definition) is 1. The second-order valence-corrected chi connectivity index (χ2v) is 3.97. The summed E-state index contributed by atoms with van der Waals surface area (Å²) in [6, 6.07) is 4.20. The van der Waals surface area contributed by atoms with Gasteiger partial charge in [-0.2, -0.15) is 0 Å². The normalized spacial score (nSPS) is 10.3. The third kappa shape index (κ3) is 4.07. The summed E-state index contributed by atoms with van der Waals surface area (Å²) in [6.45, 7) is 12.6. The maximum Gasteiger partial charge on any atom is 0.0457 e. The van der Waals surface area contributed by atoms with Gasteiger partial charge in [0.25, 0.3) is 0 Å². The van der Waals surface area contributed by atoms with Crippen LogP contribution in [0.1, 0.15) is 45.9 Å². The van der Waals surface area contributed by atoms with Crippen LogP contribution in [0.15, 0.2) is 18.3 Å². The molecule has 0 aliphatic heterocycles. The van der Waals surface area contributed by atoms with Crippen LogP contribution in [0, 0.1) is 6.92 Å². The predicted molar refractivity (Wildman–Crippen MR) is 59.0 cm³/mol. The van der Waals surface area contributed by atoms with Gasteiger partial charge in [-0.3, -0.25) is 4.98 Å². The van der Waals surface area contributed by atoms with Gasteiger partial charge in [-0.15, -0.1) is 0 Å². The standard InChI is InChI=1S/C10H15N.C2H6/c1-8-5-6-9(11-7-8)10(2,3)4;1-2/h5-7H,1-4H3;1-2H3. The lowest BCUT2D eigenvalue weighted by Crippen LogP contribution is -2.12. The molecule has 0 amide bonds. The molecule has 0 bridgehead atoms. The third-order valence-corrected chi connectivity index (χ3v) is 1.68. The van der Waals surface area contributed by atoms with Gasteiger partial charge >= 0.3 is 0 Å². The number of aryl methyl sites for hydroxylation is 1. The molecule has 0 aliphatic rings. The molecule has 1 rings (SSSR count). The first-order valence-corrected chi connectivity index (χ1v) is 4.93. The van der Waals surface area contributed by atoms with Gasteiger partial charge in [-0.25, -0.2) is 0 Å². The van der Waals surface area contributed by atoms with Crippen LogP contribution in [0.2, 0.25) is 0 Å². The molecule has 0 aliphatic carbocycles. The van der Waals surface area contributed by atoms with Gasteiger partial charge in [0.05, 0.1) is 0 Å². The highest BCUT2D eigenvalue weighted by atomic mass is 14.7. The summed E-state index contributed by atoms with van der Waals surface area (Å²) in [5, 5.41) is 0. The van der Waals surface area contributed by atoms with Gasteiger partial charge in [0.1, 0.15) is 0 Å². The second kappa shape index (κ2) is 5.00. The molecule has 0 unspecified atom stereocenters. The van der Waals surface area contributed by atoms with Crippen LogP contribution in [-0.2, 0) is 5.41 Å². The number of hydrogen-bond donors (Lipinski definition) is 0. The molecule has 1 heteroatoms. The van der Waals surface area contributed by atoms with E-state index in [1.54, 1.807) is 0 Å². The van der Waals surface area contributed by atoms with Crippen LogP contribution in [0.5, 0.6) is 0 Å². The summed E-state index contributed by atoms with van der Waals surface area (Å²) < 4.78 is 0. The number of rotatable bonds is 0. The smallest absolute Gasteiger partial charge is 0.0457 e. The Morgan fingerprint density at radius 2 is 1.62 bits per heavy atom. The lowest BCUT2D eigenvalue weighted by molar-refractivity contribution is 0.568. The fraction of sp³-hybridized carbons (Fsp3) is 0.583. The van der Waals surface area contributed by atoms with Crippen LogP contribution >= 0.6 is 0 Å². The van der Waals surface area contributed by atoms with Crippen molar-refractivity contribution in [3.05, 3.63) is 29.6 Å². The van der Waals surface area contributed by atoms with Crippen LogP contribution < -0.4 is 0 Å². The van der Waals surface area contributed by atoms with Gasteiger partial charge in [0.15, 0.2) is 0 Å². The average Bonchev–Trinajstić information content (AvgIpc) is 2.07. The zero-order valence-corrected chi connectivity index (χ0v) is 9.68. The Kier molecular flexibility index (Phi) is 4.68. The lowest BCUT2D eigenvalue weighted by Gasteiger charge is -2.16. The van der Waals surface area contributed by atoms with Crippen molar-refractivity contribution in [3.8, 4) is 0 Å². The summed E-state index contributed by atoms with van der Waals surface area (Å²) in [7, 11) is 0. The van der Waals surface area contributed by atoms with Crippen LogP contribution in [0.3, 0.4) is 0 Å². The lowest BCUT2D eigenvalue weighted by atomic mass is 9.91. The molecule has 13 heavy (non-hydrogen) atoms. The van der Waals surface area contributed by atoms with Crippen molar-refractivity contribution in [1.82, 2.24) is 4.98 Å². The number of pyridine rings is 1. The fourth-order valence-corrected chi connectivity index (χ4v) is 0.911. The number of aromatic nitrogens is 1. The first-order valence-electron chi connectivity index (χ1n) is 4.93.